The number of aromatic carboxylic acids is 1. The maximum atomic E-state index is 13.3. The molecule has 0 bridgehead atoms. The molecule has 8 nitrogen and oxygen atoms in total. The first-order valence-corrected chi connectivity index (χ1v) is 14.0. The molecule has 4 rings (SSSR count). The van der Waals surface area contributed by atoms with E-state index in [4.69, 9.17) is 16.7 Å². The van der Waals surface area contributed by atoms with E-state index < -0.39 is 23.0 Å². The number of rotatable bonds is 10. The lowest BCUT2D eigenvalue weighted by atomic mass is 10.1. The molecule has 0 aliphatic heterocycles. The van der Waals surface area contributed by atoms with Crippen molar-refractivity contribution in [3.05, 3.63) is 131 Å². The van der Waals surface area contributed by atoms with Crippen molar-refractivity contribution >= 4 is 64.5 Å². The van der Waals surface area contributed by atoms with Crippen molar-refractivity contribution in [2.45, 2.75) is 17.1 Å². The summed E-state index contributed by atoms with van der Waals surface area (Å²) >= 11 is 7.61. The first-order chi connectivity index (χ1) is 20.2. The van der Waals surface area contributed by atoms with Gasteiger partial charge < -0.3 is 21.1 Å². The van der Waals surface area contributed by atoms with Crippen LogP contribution in [0.25, 0.3) is 6.08 Å². The second-order valence-electron chi connectivity index (χ2n) is 9.01. The third kappa shape index (κ3) is 8.33. The zero-order valence-electron chi connectivity index (χ0n) is 22.3. The summed E-state index contributed by atoms with van der Waals surface area (Å²) in [6, 6.07) is 28.4. The molecule has 4 aromatic rings. The molecule has 10 heteroatoms. The largest absolute Gasteiger partial charge is 0.478 e. The Bertz CT molecular complexity index is 1620. The van der Waals surface area contributed by atoms with Crippen LogP contribution in [-0.2, 0) is 9.59 Å². The van der Waals surface area contributed by atoms with Crippen molar-refractivity contribution in [2.24, 2.45) is 0 Å². The molecule has 0 radical (unpaired) electrons. The Labute approximate surface area is 251 Å². The van der Waals surface area contributed by atoms with Crippen LogP contribution in [0.4, 0.5) is 11.4 Å². The fourth-order valence-corrected chi connectivity index (χ4v) is 4.76. The average Bonchev–Trinajstić information content (AvgIpc) is 2.99. The van der Waals surface area contributed by atoms with Gasteiger partial charge in [-0.1, -0.05) is 48.0 Å². The van der Waals surface area contributed by atoms with E-state index in [0.717, 1.165) is 4.90 Å². The number of nitrogens with one attached hydrogen (secondary N) is 3. The minimum Gasteiger partial charge on any atom is -0.478 e. The topological polar surface area (TPSA) is 125 Å². The smallest absolute Gasteiger partial charge is 0.335 e. The number of carbonyl (C=O) groups is 4. The number of carboxylic acid groups (broad SMARTS) is 1. The van der Waals surface area contributed by atoms with Crippen LogP contribution in [0, 0.1) is 0 Å². The lowest BCUT2D eigenvalue weighted by Gasteiger charge is -2.14. The lowest BCUT2D eigenvalue weighted by Crippen LogP contribution is -2.30. The molecule has 42 heavy (non-hydrogen) atoms. The Morgan fingerprint density at radius 1 is 0.762 bits per heavy atom. The van der Waals surface area contributed by atoms with Gasteiger partial charge in [-0.05, 0) is 85.3 Å². The molecule has 4 aromatic carbocycles. The van der Waals surface area contributed by atoms with E-state index >= 15 is 0 Å². The van der Waals surface area contributed by atoms with E-state index in [0.29, 0.717) is 27.5 Å². The maximum Gasteiger partial charge on any atom is 0.335 e. The summed E-state index contributed by atoms with van der Waals surface area (Å²) in [7, 11) is 0. The third-order valence-electron chi connectivity index (χ3n) is 5.93. The average molecular weight is 600 g/mol. The van der Waals surface area contributed by atoms with Crippen LogP contribution in [0.3, 0.4) is 0 Å². The van der Waals surface area contributed by atoms with Crippen LogP contribution in [-0.4, -0.2) is 34.0 Å². The summed E-state index contributed by atoms with van der Waals surface area (Å²) in [4.78, 5) is 50.5. The highest BCUT2D eigenvalue weighted by Crippen LogP contribution is 2.26. The van der Waals surface area contributed by atoms with Crippen LogP contribution in [0.1, 0.15) is 33.2 Å². The first-order valence-electron chi connectivity index (χ1n) is 12.7. The van der Waals surface area contributed by atoms with Gasteiger partial charge in [-0.15, -0.1) is 11.8 Å². The Kier molecular flexibility index (Phi) is 10.1. The van der Waals surface area contributed by atoms with Crippen LogP contribution in [0.15, 0.2) is 114 Å². The Morgan fingerprint density at radius 3 is 2.00 bits per heavy atom. The van der Waals surface area contributed by atoms with Gasteiger partial charge in [0.15, 0.2) is 0 Å². The van der Waals surface area contributed by atoms with E-state index in [2.05, 4.69) is 16.0 Å². The Morgan fingerprint density at radius 2 is 1.36 bits per heavy atom. The fraction of sp³-hybridized carbons (Fsp3) is 0.0625. The molecule has 3 amide bonds. The Balaban J connectivity index is 1.41. The van der Waals surface area contributed by atoms with Gasteiger partial charge in [0.1, 0.15) is 5.70 Å². The highest BCUT2D eigenvalue weighted by Gasteiger charge is 2.17. The molecule has 0 fully saturated rings. The second kappa shape index (κ2) is 14.2. The second-order valence-corrected chi connectivity index (χ2v) is 10.8. The molecule has 4 N–H and O–H groups in total. The number of hydrogen-bond acceptors (Lipinski definition) is 5. The fourth-order valence-electron chi connectivity index (χ4n) is 3.70. The number of anilines is 2. The quantitative estimate of drug-likeness (QED) is 0.121. The number of amides is 3. The highest BCUT2D eigenvalue weighted by atomic mass is 35.5. The van der Waals surface area contributed by atoms with Crippen LogP contribution in [0.5, 0.6) is 0 Å². The first kappa shape index (κ1) is 30.1. The molecule has 0 aliphatic carbocycles. The van der Waals surface area contributed by atoms with E-state index in [1.807, 2.05) is 0 Å². The van der Waals surface area contributed by atoms with Gasteiger partial charge in [-0.3, -0.25) is 14.4 Å². The molecular weight excluding hydrogens is 574 g/mol. The van der Waals surface area contributed by atoms with Gasteiger partial charge in [0.2, 0.25) is 5.91 Å². The van der Waals surface area contributed by atoms with Crippen molar-refractivity contribution in [3.63, 3.8) is 0 Å². The van der Waals surface area contributed by atoms with Gasteiger partial charge in [-0.2, -0.15) is 0 Å². The van der Waals surface area contributed by atoms with E-state index in [9.17, 15) is 19.2 Å². The molecule has 1 atom stereocenters. The molecule has 212 valence electrons. The van der Waals surface area contributed by atoms with Crippen LogP contribution >= 0.6 is 23.4 Å². The third-order valence-corrected chi connectivity index (χ3v) is 7.38. The minimum atomic E-state index is -1.04. The summed E-state index contributed by atoms with van der Waals surface area (Å²) in [5, 5.41) is 17.2. The zero-order valence-corrected chi connectivity index (χ0v) is 23.9. The SMILES string of the molecule is CC(Sc1ccc(NC(=O)/C(=C/c2ccccc2Cl)NC(=O)c2ccccc2)cc1)C(=O)Nc1ccc(C(=O)O)cc1. The summed E-state index contributed by atoms with van der Waals surface area (Å²) in [6.45, 7) is 1.75. The number of hydrogen-bond donors (Lipinski definition) is 4. The van der Waals surface area contributed by atoms with Gasteiger partial charge in [0.25, 0.3) is 11.8 Å². The number of carboxylic acids is 1. The molecule has 0 aliphatic rings. The predicted octanol–water partition coefficient (Wildman–Crippen LogP) is 6.57. The van der Waals surface area contributed by atoms with Crippen molar-refractivity contribution in [1.29, 1.82) is 0 Å². The predicted molar refractivity (Wildman–Crippen MR) is 166 cm³/mol. The molecule has 0 heterocycles. The molecule has 0 aromatic heterocycles. The summed E-state index contributed by atoms with van der Waals surface area (Å²) in [5.41, 5.74) is 2.08. The monoisotopic (exact) mass is 599 g/mol. The summed E-state index contributed by atoms with van der Waals surface area (Å²) in [6.07, 6.45) is 1.51. The number of benzene rings is 4. The van der Waals surface area contributed by atoms with Gasteiger partial charge in [-0.25, -0.2) is 4.79 Å². The molecule has 0 saturated heterocycles. The lowest BCUT2D eigenvalue weighted by molar-refractivity contribution is -0.115. The number of halogens is 1. The van der Waals surface area contributed by atoms with Crippen molar-refractivity contribution in [1.82, 2.24) is 5.32 Å². The Hall–Kier alpha value is -4.86. The molecule has 0 spiro atoms. The number of thioether (sulfide) groups is 1. The maximum absolute atomic E-state index is 13.3. The highest BCUT2D eigenvalue weighted by molar-refractivity contribution is 8.00. The standard InChI is InChI=1S/C32H26ClN3O5S/c1-20(29(37)34-24-13-11-22(12-14-24)32(40)41)42-26-17-15-25(16-18-26)35-31(39)28(19-23-9-5-6-10-27(23)33)36-30(38)21-7-3-2-4-8-21/h2-20H,1H3,(H,34,37)(H,35,39)(H,36,38)(H,40,41)/b28-19-. The molecule has 1 unspecified atom stereocenters. The molecule has 0 saturated carbocycles. The van der Waals surface area contributed by atoms with Gasteiger partial charge in [0.05, 0.1) is 10.8 Å². The van der Waals surface area contributed by atoms with Gasteiger partial charge in [0, 0.05) is 26.9 Å². The zero-order chi connectivity index (χ0) is 30.1. The van der Waals surface area contributed by atoms with E-state index in [-0.39, 0.29) is 17.2 Å². The van der Waals surface area contributed by atoms with E-state index in [1.54, 1.807) is 85.8 Å². The minimum absolute atomic E-state index is 0.0112. The van der Waals surface area contributed by atoms with Crippen molar-refractivity contribution in [2.75, 3.05) is 10.6 Å². The van der Waals surface area contributed by atoms with Gasteiger partial charge >= 0.3 is 5.97 Å². The summed E-state index contributed by atoms with van der Waals surface area (Å²) < 4.78 is 0. The van der Waals surface area contributed by atoms with Crippen molar-refractivity contribution in [3.8, 4) is 0 Å². The summed E-state index contributed by atoms with van der Waals surface area (Å²) in [5.74, 6) is -2.27. The molecular formula is C32H26ClN3O5S. The van der Waals surface area contributed by atoms with Crippen molar-refractivity contribution < 1.29 is 24.3 Å². The van der Waals surface area contributed by atoms with Crippen LogP contribution in [0.2, 0.25) is 5.02 Å². The van der Waals surface area contributed by atoms with Crippen LogP contribution < -0.4 is 16.0 Å². The normalized spacial score (nSPS) is 11.7. The van der Waals surface area contributed by atoms with E-state index in [1.165, 1.54) is 42.1 Å². The number of carbonyl (C=O) groups excluding carboxylic acids is 3.